The number of hydrogen-bond donors (Lipinski definition) is 1. The maximum atomic E-state index is 13.1. The first-order valence-corrected chi connectivity index (χ1v) is 7.72. The molecule has 2 aliphatic rings. The first-order valence-electron chi connectivity index (χ1n) is 6.84. The zero-order valence-corrected chi connectivity index (χ0v) is 14.3. The number of carbonyl (C=O) groups is 1. The molecule has 0 aliphatic carbocycles. The number of aromatic nitrogens is 1. The van der Waals surface area contributed by atoms with E-state index in [0.29, 0.717) is 19.0 Å². The highest BCUT2D eigenvalue weighted by Gasteiger charge is 2.43. The smallest absolute Gasteiger partial charge is 0.262 e. The van der Waals surface area contributed by atoms with E-state index in [0.717, 1.165) is 17.8 Å². The van der Waals surface area contributed by atoms with Crippen LogP contribution in [0.5, 0.6) is 0 Å². The Kier molecular flexibility index (Phi) is 6.98. The zero-order chi connectivity index (χ0) is 14.2. The van der Waals surface area contributed by atoms with Gasteiger partial charge in [0.15, 0.2) is 0 Å². The van der Waals surface area contributed by atoms with Crippen LogP contribution >= 0.6 is 36.2 Å². The Morgan fingerprint density at radius 3 is 2.55 bits per heavy atom. The fourth-order valence-corrected chi connectivity index (χ4v) is 3.70. The average Bonchev–Trinajstić information content (AvgIpc) is 3.07. The number of thiazole rings is 1. The summed E-state index contributed by atoms with van der Waals surface area (Å²) in [5, 5.41) is 5.70. The summed E-state index contributed by atoms with van der Waals surface area (Å²) in [6.45, 7) is 0.874. The van der Waals surface area contributed by atoms with Crippen molar-refractivity contribution in [3.63, 3.8) is 0 Å². The molecule has 1 aromatic rings. The van der Waals surface area contributed by atoms with Crippen LogP contribution in [0, 0.1) is 0 Å². The molecule has 0 aromatic carbocycles. The van der Waals surface area contributed by atoms with E-state index in [2.05, 4.69) is 10.3 Å². The predicted octanol–water partition coefficient (Wildman–Crippen LogP) is 2.69. The van der Waals surface area contributed by atoms with Gasteiger partial charge in [-0.3, -0.25) is 10.1 Å². The molecular weight excluding hydrogens is 355 g/mol. The molecule has 1 aromatic heterocycles. The quantitative estimate of drug-likeness (QED) is 0.866. The van der Waals surface area contributed by atoms with Crippen LogP contribution in [0.25, 0.3) is 0 Å². The molecular formula is C13H19Cl2F2N3OS. The molecule has 1 atom stereocenters. The Labute approximate surface area is 144 Å². The molecule has 1 unspecified atom stereocenters. The lowest BCUT2D eigenvalue weighted by Crippen LogP contribution is -2.46. The number of piperidine rings is 1. The van der Waals surface area contributed by atoms with Gasteiger partial charge < -0.3 is 4.90 Å². The van der Waals surface area contributed by atoms with E-state index < -0.39 is 12.0 Å². The predicted molar refractivity (Wildman–Crippen MR) is 86.5 cm³/mol. The average molecular weight is 374 g/mol. The summed E-state index contributed by atoms with van der Waals surface area (Å²) < 4.78 is 26.3. The Morgan fingerprint density at radius 1 is 1.36 bits per heavy atom. The number of nitrogens with zero attached hydrogens (tertiary/aromatic N) is 2. The maximum absolute atomic E-state index is 13.1. The van der Waals surface area contributed by atoms with Crippen LogP contribution in [0.3, 0.4) is 0 Å². The molecule has 9 heteroatoms. The number of alkyl halides is 2. The van der Waals surface area contributed by atoms with Crippen molar-refractivity contribution in [3.05, 3.63) is 16.6 Å². The molecule has 0 radical (unpaired) electrons. The SMILES string of the molecule is Cl.Cl.O=C(C1CC(F)(F)CN1)N1CCC(c2nccs2)CC1. The Morgan fingerprint density at radius 2 is 2.05 bits per heavy atom. The fraction of sp³-hybridized carbons (Fsp3) is 0.692. The highest BCUT2D eigenvalue weighted by Crippen LogP contribution is 2.31. The van der Waals surface area contributed by atoms with Crippen molar-refractivity contribution in [3.8, 4) is 0 Å². The van der Waals surface area contributed by atoms with Crippen LogP contribution in [0.15, 0.2) is 11.6 Å². The van der Waals surface area contributed by atoms with E-state index in [1.807, 2.05) is 5.38 Å². The summed E-state index contributed by atoms with van der Waals surface area (Å²) in [6.07, 6.45) is 3.14. The third-order valence-electron chi connectivity index (χ3n) is 4.02. The summed E-state index contributed by atoms with van der Waals surface area (Å²) in [7, 11) is 0. The molecule has 0 saturated carbocycles. The van der Waals surface area contributed by atoms with Gasteiger partial charge in [-0.05, 0) is 12.8 Å². The second-order valence-corrected chi connectivity index (χ2v) is 6.39. The van der Waals surface area contributed by atoms with Crippen molar-refractivity contribution in [1.82, 2.24) is 15.2 Å². The van der Waals surface area contributed by atoms with Gasteiger partial charge in [-0.25, -0.2) is 13.8 Å². The zero-order valence-electron chi connectivity index (χ0n) is 11.8. The summed E-state index contributed by atoms with van der Waals surface area (Å²) in [5.74, 6) is -2.53. The van der Waals surface area contributed by atoms with Crippen LogP contribution in [-0.4, -0.2) is 47.4 Å². The highest BCUT2D eigenvalue weighted by molar-refractivity contribution is 7.09. The van der Waals surface area contributed by atoms with Crippen molar-refractivity contribution < 1.29 is 13.6 Å². The lowest BCUT2D eigenvalue weighted by Gasteiger charge is -2.32. The molecule has 3 heterocycles. The molecule has 2 saturated heterocycles. The molecule has 126 valence electrons. The molecule has 1 N–H and O–H groups in total. The normalized spacial score (nSPS) is 24.5. The minimum Gasteiger partial charge on any atom is -0.341 e. The van der Waals surface area contributed by atoms with Crippen molar-refractivity contribution >= 4 is 42.1 Å². The highest BCUT2D eigenvalue weighted by atomic mass is 35.5. The van der Waals surface area contributed by atoms with E-state index in [1.54, 1.807) is 22.4 Å². The molecule has 3 rings (SSSR count). The van der Waals surface area contributed by atoms with E-state index in [4.69, 9.17) is 0 Å². The van der Waals surface area contributed by atoms with Gasteiger partial charge in [0, 0.05) is 37.0 Å². The van der Waals surface area contributed by atoms with E-state index in [9.17, 15) is 13.6 Å². The second-order valence-electron chi connectivity index (χ2n) is 5.46. The van der Waals surface area contributed by atoms with Gasteiger partial charge in [-0.1, -0.05) is 0 Å². The summed E-state index contributed by atoms with van der Waals surface area (Å²) >= 11 is 1.64. The van der Waals surface area contributed by atoms with Crippen molar-refractivity contribution in [2.75, 3.05) is 19.6 Å². The van der Waals surface area contributed by atoms with Gasteiger partial charge in [-0.2, -0.15) is 0 Å². The lowest BCUT2D eigenvalue weighted by atomic mass is 9.97. The molecule has 2 fully saturated rings. The van der Waals surface area contributed by atoms with Crippen molar-refractivity contribution in [1.29, 1.82) is 0 Å². The van der Waals surface area contributed by atoms with E-state index >= 15 is 0 Å². The maximum Gasteiger partial charge on any atom is 0.262 e. The monoisotopic (exact) mass is 373 g/mol. The Bertz CT molecular complexity index is 482. The van der Waals surface area contributed by atoms with E-state index in [1.165, 1.54) is 0 Å². The van der Waals surface area contributed by atoms with Crippen LogP contribution in [0.4, 0.5) is 8.78 Å². The van der Waals surface area contributed by atoms with Gasteiger partial charge in [0.1, 0.15) is 0 Å². The van der Waals surface area contributed by atoms with Crippen LogP contribution in [0.2, 0.25) is 0 Å². The topological polar surface area (TPSA) is 45.2 Å². The van der Waals surface area contributed by atoms with Crippen LogP contribution < -0.4 is 5.32 Å². The van der Waals surface area contributed by atoms with Crippen molar-refractivity contribution in [2.45, 2.75) is 37.1 Å². The Hall–Kier alpha value is -0.500. The number of carbonyl (C=O) groups excluding carboxylic acids is 1. The number of rotatable bonds is 2. The Balaban J connectivity index is 0.00000121. The first-order chi connectivity index (χ1) is 9.55. The van der Waals surface area contributed by atoms with E-state index in [-0.39, 0.29) is 43.7 Å². The van der Waals surface area contributed by atoms with Crippen LogP contribution in [0.1, 0.15) is 30.2 Å². The molecule has 2 aliphatic heterocycles. The summed E-state index contributed by atoms with van der Waals surface area (Å²) in [4.78, 5) is 18.2. The van der Waals surface area contributed by atoms with Gasteiger partial charge in [0.25, 0.3) is 5.92 Å². The van der Waals surface area contributed by atoms with Gasteiger partial charge >= 0.3 is 0 Å². The third-order valence-corrected chi connectivity index (χ3v) is 4.95. The molecule has 0 bridgehead atoms. The minimum absolute atomic E-state index is 0. The first kappa shape index (κ1) is 19.5. The van der Waals surface area contributed by atoms with Crippen molar-refractivity contribution in [2.24, 2.45) is 0 Å². The summed E-state index contributed by atoms with van der Waals surface area (Å²) in [5.41, 5.74) is 0. The molecule has 22 heavy (non-hydrogen) atoms. The summed E-state index contributed by atoms with van der Waals surface area (Å²) in [6, 6.07) is -0.721. The van der Waals surface area contributed by atoms with Gasteiger partial charge in [0.2, 0.25) is 5.91 Å². The lowest BCUT2D eigenvalue weighted by molar-refractivity contribution is -0.134. The number of hydrogen-bond acceptors (Lipinski definition) is 4. The second kappa shape index (κ2) is 7.86. The third kappa shape index (κ3) is 4.28. The minimum atomic E-state index is -2.75. The van der Waals surface area contributed by atoms with Gasteiger partial charge in [-0.15, -0.1) is 36.2 Å². The molecule has 0 spiro atoms. The standard InChI is InChI=1S/C13H17F2N3OS.2ClH/c14-13(15)7-10(17-8-13)12(19)18-4-1-9(2-5-18)11-16-3-6-20-11;;/h3,6,9-10,17H,1-2,4-5,7-8H2;2*1H. The molecule has 4 nitrogen and oxygen atoms in total. The number of nitrogens with one attached hydrogen (secondary N) is 1. The number of halogens is 4. The fourth-order valence-electron chi connectivity index (χ4n) is 2.89. The number of amides is 1. The van der Waals surface area contributed by atoms with Crippen LogP contribution in [-0.2, 0) is 4.79 Å². The largest absolute Gasteiger partial charge is 0.341 e. The van der Waals surface area contributed by atoms with Gasteiger partial charge in [0.05, 0.1) is 17.6 Å². The molecule has 1 amide bonds. The number of likely N-dealkylation sites (tertiary alicyclic amines) is 1.